The second-order valence-electron chi connectivity index (χ2n) is 4.63. The number of carbonyl (C=O) groups is 1. The Kier molecular flexibility index (Phi) is 5.08. The maximum atomic E-state index is 12.9. The number of benzene rings is 2. The first-order valence-electron chi connectivity index (χ1n) is 6.67. The van der Waals surface area contributed by atoms with Crippen molar-refractivity contribution in [3.8, 4) is 0 Å². The molecule has 0 bridgehead atoms. The van der Waals surface area contributed by atoms with Crippen molar-refractivity contribution in [3.05, 3.63) is 72.3 Å². The molecule has 24 heavy (non-hydrogen) atoms. The zero-order valence-corrected chi connectivity index (χ0v) is 13.0. The molecule has 4 nitrogen and oxygen atoms in total. The highest BCUT2D eigenvalue weighted by atomic mass is 32.2. The number of halogens is 3. The third-order valence-corrected chi connectivity index (χ3v) is 4.40. The summed E-state index contributed by atoms with van der Waals surface area (Å²) in [6.07, 6.45) is 2.02. The number of sulfonamides is 1. The molecule has 0 aliphatic rings. The van der Waals surface area contributed by atoms with Gasteiger partial charge in [0.1, 0.15) is 0 Å². The van der Waals surface area contributed by atoms with Gasteiger partial charge in [-0.2, -0.15) is 25.9 Å². The molecule has 2 rings (SSSR count). The first-order valence-corrected chi connectivity index (χ1v) is 8.11. The molecule has 2 aromatic rings. The van der Waals surface area contributed by atoms with Gasteiger partial charge in [-0.3, -0.25) is 4.79 Å². The number of para-hydroxylation sites is 1. The molecule has 0 aliphatic carbocycles. The molecule has 0 radical (unpaired) electrons. The molecule has 0 aromatic heterocycles. The van der Waals surface area contributed by atoms with Crippen LogP contribution in [0, 0.1) is 0 Å². The standard InChI is InChI=1S/C16H12F3NO3S/c17-16(18,19)24(22,23)20(14-9-5-2-6-10-14)15(21)12-11-13-7-3-1-4-8-13/h1-12H/b12-11+. The molecule has 0 saturated carbocycles. The van der Waals surface area contributed by atoms with Crippen LogP contribution in [-0.2, 0) is 14.8 Å². The molecule has 0 heterocycles. The molecule has 0 atom stereocenters. The van der Waals surface area contributed by atoms with Crippen LogP contribution < -0.4 is 4.31 Å². The van der Waals surface area contributed by atoms with Crippen LogP contribution in [-0.4, -0.2) is 19.8 Å². The first kappa shape index (κ1) is 17.7. The summed E-state index contributed by atoms with van der Waals surface area (Å²) in [6.45, 7) is 0. The van der Waals surface area contributed by atoms with Crippen LogP contribution in [0.3, 0.4) is 0 Å². The summed E-state index contributed by atoms with van der Waals surface area (Å²) in [5.41, 5.74) is -5.44. The fraction of sp³-hybridized carbons (Fsp3) is 0.0625. The third-order valence-electron chi connectivity index (χ3n) is 2.94. The number of hydrogen-bond donors (Lipinski definition) is 0. The minimum atomic E-state index is -5.86. The Balaban J connectivity index is 2.44. The van der Waals surface area contributed by atoms with Crippen molar-refractivity contribution in [1.82, 2.24) is 0 Å². The monoisotopic (exact) mass is 355 g/mol. The Morgan fingerprint density at radius 1 is 0.917 bits per heavy atom. The smallest absolute Gasteiger partial charge is 0.268 e. The number of alkyl halides is 3. The summed E-state index contributed by atoms with van der Waals surface area (Å²) >= 11 is 0. The number of rotatable bonds is 4. The largest absolute Gasteiger partial charge is 0.517 e. The van der Waals surface area contributed by atoms with Gasteiger partial charge in [-0.15, -0.1) is 0 Å². The molecule has 0 spiro atoms. The van der Waals surface area contributed by atoms with E-state index in [9.17, 15) is 26.4 Å². The summed E-state index contributed by atoms with van der Waals surface area (Å²) in [7, 11) is -5.86. The van der Waals surface area contributed by atoms with E-state index >= 15 is 0 Å². The summed E-state index contributed by atoms with van der Waals surface area (Å²) in [6, 6.07) is 14.7. The number of hydrogen-bond acceptors (Lipinski definition) is 3. The van der Waals surface area contributed by atoms with Crippen LogP contribution >= 0.6 is 0 Å². The predicted octanol–water partition coefficient (Wildman–Crippen LogP) is 3.58. The SMILES string of the molecule is O=C(/C=C/c1ccccc1)N(c1ccccc1)S(=O)(=O)C(F)(F)F. The zero-order valence-electron chi connectivity index (χ0n) is 12.1. The highest BCUT2D eigenvalue weighted by Crippen LogP contribution is 2.31. The van der Waals surface area contributed by atoms with E-state index in [-0.39, 0.29) is 4.31 Å². The van der Waals surface area contributed by atoms with E-state index in [0.717, 1.165) is 18.2 Å². The van der Waals surface area contributed by atoms with Crippen molar-refractivity contribution in [2.45, 2.75) is 5.51 Å². The third kappa shape index (κ3) is 3.83. The summed E-state index contributed by atoms with van der Waals surface area (Å²) in [4.78, 5) is 12.2. The topological polar surface area (TPSA) is 54.5 Å². The minimum absolute atomic E-state index is 0.258. The van der Waals surface area contributed by atoms with Crippen molar-refractivity contribution in [2.75, 3.05) is 4.31 Å². The molecule has 8 heteroatoms. The molecule has 126 valence electrons. The van der Waals surface area contributed by atoms with E-state index in [1.807, 2.05) is 0 Å². The molecule has 0 N–H and O–H groups in total. The fourth-order valence-corrected chi connectivity index (χ4v) is 2.75. The van der Waals surface area contributed by atoms with Crippen LogP contribution in [0.15, 0.2) is 66.7 Å². The quantitative estimate of drug-likeness (QED) is 0.788. The van der Waals surface area contributed by atoms with Gasteiger partial charge in [0.2, 0.25) is 0 Å². The normalized spacial score (nSPS) is 12.3. The van der Waals surface area contributed by atoms with Crippen LogP contribution in [0.2, 0.25) is 0 Å². The van der Waals surface area contributed by atoms with E-state index in [0.29, 0.717) is 5.56 Å². The van der Waals surface area contributed by atoms with Crippen molar-refractivity contribution < 1.29 is 26.4 Å². The summed E-state index contributed by atoms with van der Waals surface area (Å²) in [5, 5.41) is 0. The highest BCUT2D eigenvalue weighted by Gasteiger charge is 2.52. The van der Waals surface area contributed by atoms with Gasteiger partial charge in [0.05, 0.1) is 5.69 Å². The first-order chi connectivity index (χ1) is 11.2. The van der Waals surface area contributed by atoms with Crippen LogP contribution in [0.1, 0.15) is 5.56 Å². The molecular weight excluding hydrogens is 343 g/mol. The van der Waals surface area contributed by atoms with Gasteiger partial charge in [0.25, 0.3) is 5.91 Å². The van der Waals surface area contributed by atoms with Gasteiger partial charge in [0, 0.05) is 6.08 Å². The van der Waals surface area contributed by atoms with Crippen molar-refractivity contribution in [1.29, 1.82) is 0 Å². The predicted molar refractivity (Wildman–Crippen MR) is 84.4 cm³/mol. The van der Waals surface area contributed by atoms with E-state index in [2.05, 4.69) is 0 Å². The Labute approximate surface area is 136 Å². The number of carbonyl (C=O) groups excluding carboxylic acids is 1. The van der Waals surface area contributed by atoms with Gasteiger partial charge < -0.3 is 0 Å². The highest BCUT2D eigenvalue weighted by molar-refractivity contribution is 7.94. The number of nitrogens with zero attached hydrogens (tertiary/aromatic N) is 1. The Bertz CT molecular complexity index is 832. The summed E-state index contributed by atoms with van der Waals surface area (Å²) in [5.74, 6) is -1.32. The molecule has 0 saturated heterocycles. The van der Waals surface area contributed by atoms with E-state index < -0.39 is 27.1 Å². The van der Waals surface area contributed by atoms with Crippen LogP contribution in [0.5, 0.6) is 0 Å². The molecular formula is C16H12F3NO3S. The lowest BCUT2D eigenvalue weighted by Gasteiger charge is -2.22. The number of amides is 1. The lowest BCUT2D eigenvalue weighted by molar-refractivity contribution is -0.113. The van der Waals surface area contributed by atoms with E-state index in [1.54, 1.807) is 30.3 Å². The van der Waals surface area contributed by atoms with Gasteiger partial charge >= 0.3 is 15.5 Å². The van der Waals surface area contributed by atoms with E-state index in [4.69, 9.17) is 0 Å². The average molecular weight is 355 g/mol. The van der Waals surface area contributed by atoms with Gasteiger partial charge in [-0.1, -0.05) is 48.5 Å². The van der Waals surface area contributed by atoms with Crippen LogP contribution in [0.25, 0.3) is 6.08 Å². The maximum Gasteiger partial charge on any atom is 0.517 e. The summed E-state index contributed by atoms with van der Waals surface area (Å²) < 4.78 is 61.9. The van der Waals surface area contributed by atoms with Gasteiger partial charge in [-0.25, -0.2) is 0 Å². The molecule has 2 aromatic carbocycles. The lowest BCUT2D eigenvalue weighted by atomic mass is 10.2. The lowest BCUT2D eigenvalue weighted by Crippen LogP contribution is -2.44. The second-order valence-corrected chi connectivity index (χ2v) is 6.41. The zero-order chi connectivity index (χ0) is 17.8. The Morgan fingerprint density at radius 3 is 1.92 bits per heavy atom. The number of anilines is 1. The van der Waals surface area contributed by atoms with Crippen molar-refractivity contribution in [2.24, 2.45) is 0 Å². The van der Waals surface area contributed by atoms with Crippen LogP contribution in [0.4, 0.5) is 18.9 Å². The maximum absolute atomic E-state index is 12.9. The average Bonchev–Trinajstić information content (AvgIpc) is 2.54. The minimum Gasteiger partial charge on any atom is -0.268 e. The Hall–Kier alpha value is -2.61. The molecule has 0 fully saturated rings. The van der Waals surface area contributed by atoms with Gasteiger partial charge in [0.15, 0.2) is 0 Å². The van der Waals surface area contributed by atoms with Gasteiger partial charge in [-0.05, 0) is 23.8 Å². The fourth-order valence-electron chi connectivity index (χ4n) is 1.85. The van der Waals surface area contributed by atoms with E-state index in [1.165, 1.54) is 24.3 Å². The molecule has 0 unspecified atom stereocenters. The van der Waals surface area contributed by atoms with Crippen molar-refractivity contribution >= 4 is 27.7 Å². The molecule has 1 amide bonds. The second kappa shape index (κ2) is 6.88. The molecule has 0 aliphatic heterocycles. The Morgan fingerprint density at radius 2 is 1.42 bits per heavy atom. The van der Waals surface area contributed by atoms with Crippen molar-refractivity contribution in [3.63, 3.8) is 0 Å².